The van der Waals surface area contributed by atoms with Crippen LogP contribution in [0.25, 0.3) is 0 Å². The molecule has 0 saturated heterocycles. The van der Waals surface area contributed by atoms with Gasteiger partial charge in [0.25, 0.3) is 0 Å². The van der Waals surface area contributed by atoms with Crippen LogP contribution in [0.3, 0.4) is 0 Å². The number of aliphatic imine (C=N–C) groups is 1. The predicted molar refractivity (Wildman–Crippen MR) is 74.3 cm³/mol. The molecule has 0 saturated carbocycles. The van der Waals surface area contributed by atoms with Crippen molar-refractivity contribution in [2.75, 3.05) is 13.2 Å². The van der Waals surface area contributed by atoms with Gasteiger partial charge in [-0.15, -0.1) is 6.58 Å². The second kappa shape index (κ2) is 5.56. The summed E-state index contributed by atoms with van der Waals surface area (Å²) in [5.74, 6) is 1.11. The molecule has 19 heavy (non-hydrogen) atoms. The summed E-state index contributed by atoms with van der Waals surface area (Å²) in [5.41, 5.74) is 6.76. The van der Waals surface area contributed by atoms with E-state index in [1.54, 1.807) is 11.0 Å². The molecule has 2 N–H and O–H groups in total. The Morgan fingerprint density at radius 1 is 1.47 bits per heavy atom. The minimum Gasteiger partial charge on any atom is -0.494 e. The van der Waals surface area contributed by atoms with Gasteiger partial charge in [-0.2, -0.15) is 4.99 Å². The summed E-state index contributed by atoms with van der Waals surface area (Å²) in [6.45, 7) is 6.61. The molecule has 1 aromatic rings. The highest BCUT2D eigenvalue weighted by molar-refractivity contribution is 6.03. The van der Waals surface area contributed by atoms with Gasteiger partial charge in [-0.05, 0) is 24.6 Å². The first kappa shape index (κ1) is 13.1. The maximum Gasteiger partial charge on any atom is 0.346 e. The lowest BCUT2D eigenvalue weighted by atomic mass is 10.1. The molecule has 0 radical (unpaired) electrons. The SMILES string of the molecule is C=CCN1C(=O)N=C(N)C1c1ccc(OCC)cc1. The van der Waals surface area contributed by atoms with Crippen LogP contribution in [0.15, 0.2) is 41.9 Å². The Hall–Kier alpha value is -2.30. The Bertz CT molecular complexity index is 508. The van der Waals surface area contributed by atoms with Crippen molar-refractivity contribution in [1.29, 1.82) is 0 Å². The Morgan fingerprint density at radius 2 is 2.16 bits per heavy atom. The number of carbonyl (C=O) groups is 1. The highest BCUT2D eigenvalue weighted by Gasteiger charge is 2.33. The number of rotatable bonds is 5. The minimum absolute atomic E-state index is 0.316. The van der Waals surface area contributed by atoms with Crippen molar-refractivity contribution < 1.29 is 9.53 Å². The molecule has 1 aliphatic rings. The number of nitrogens with two attached hydrogens (primary N) is 1. The molecule has 2 amide bonds. The third-order valence-electron chi connectivity index (χ3n) is 2.89. The smallest absolute Gasteiger partial charge is 0.346 e. The third kappa shape index (κ3) is 2.59. The molecule has 2 rings (SSSR count). The summed E-state index contributed by atoms with van der Waals surface area (Å²) in [5, 5.41) is 0. The summed E-state index contributed by atoms with van der Waals surface area (Å²) in [4.78, 5) is 17.1. The fraction of sp³-hybridized carbons (Fsp3) is 0.286. The van der Waals surface area contributed by atoms with Crippen molar-refractivity contribution in [3.63, 3.8) is 0 Å². The summed E-state index contributed by atoms with van der Waals surface area (Å²) in [6.07, 6.45) is 1.66. The van der Waals surface area contributed by atoms with Gasteiger partial charge in [0.05, 0.1) is 6.61 Å². The maximum absolute atomic E-state index is 11.7. The second-order valence-corrected chi connectivity index (χ2v) is 4.16. The van der Waals surface area contributed by atoms with Gasteiger partial charge in [0.15, 0.2) is 0 Å². The molecule has 1 aromatic carbocycles. The average molecular weight is 259 g/mol. The molecule has 0 bridgehead atoms. The van der Waals surface area contributed by atoms with E-state index >= 15 is 0 Å². The van der Waals surface area contributed by atoms with Crippen LogP contribution in [0.2, 0.25) is 0 Å². The lowest BCUT2D eigenvalue weighted by Gasteiger charge is -2.23. The highest BCUT2D eigenvalue weighted by Crippen LogP contribution is 2.28. The second-order valence-electron chi connectivity index (χ2n) is 4.16. The Labute approximate surface area is 112 Å². The van der Waals surface area contributed by atoms with E-state index in [9.17, 15) is 4.79 Å². The van der Waals surface area contributed by atoms with Crippen LogP contribution in [0.5, 0.6) is 5.75 Å². The van der Waals surface area contributed by atoms with Crippen LogP contribution >= 0.6 is 0 Å². The standard InChI is InChI=1S/C14H17N3O2/c1-3-9-17-12(13(15)16-14(17)18)10-5-7-11(8-6-10)19-4-2/h3,5-8,12H,1,4,9H2,2H3,(H2,15,16,18). The zero-order valence-corrected chi connectivity index (χ0v) is 10.9. The van der Waals surface area contributed by atoms with E-state index in [1.165, 1.54) is 0 Å². The Balaban J connectivity index is 2.25. The molecule has 1 heterocycles. The third-order valence-corrected chi connectivity index (χ3v) is 2.89. The molecular formula is C14H17N3O2. The number of hydrogen-bond donors (Lipinski definition) is 1. The molecule has 0 aromatic heterocycles. The van der Waals surface area contributed by atoms with Gasteiger partial charge in [0.1, 0.15) is 17.6 Å². The van der Waals surface area contributed by atoms with E-state index in [4.69, 9.17) is 10.5 Å². The van der Waals surface area contributed by atoms with E-state index in [-0.39, 0.29) is 12.1 Å². The van der Waals surface area contributed by atoms with Crippen LogP contribution in [-0.2, 0) is 0 Å². The van der Waals surface area contributed by atoms with Crippen LogP contribution in [0, 0.1) is 0 Å². The zero-order valence-electron chi connectivity index (χ0n) is 10.9. The number of nitrogens with zero attached hydrogens (tertiary/aromatic N) is 2. The summed E-state index contributed by atoms with van der Waals surface area (Å²) in [7, 11) is 0. The Morgan fingerprint density at radius 3 is 2.74 bits per heavy atom. The molecule has 0 fully saturated rings. The molecule has 5 nitrogen and oxygen atoms in total. The van der Waals surface area contributed by atoms with Crippen LogP contribution < -0.4 is 10.5 Å². The summed E-state index contributed by atoms with van der Waals surface area (Å²) < 4.78 is 5.39. The fourth-order valence-electron chi connectivity index (χ4n) is 2.09. The monoisotopic (exact) mass is 259 g/mol. The van der Waals surface area contributed by atoms with Crippen molar-refractivity contribution in [1.82, 2.24) is 4.90 Å². The number of amidine groups is 1. The van der Waals surface area contributed by atoms with Crippen LogP contribution in [-0.4, -0.2) is 29.9 Å². The van der Waals surface area contributed by atoms with E-state index in [0.717, 1.165) is 11.3 Å². The molecule has 5 heteroatoms. The van der Waals surface area contributed by atoms with Gasteiger partial charge >= 0.3 is 6.03 Å². The van der Waals surface area contributed by atoms with Crippen molar-refractivity contribution in [2.24, 2.45) is 10.7 Å². The first-order chi connectivity index (χ1) is 9.17. The van der Waals surface area contributed by atoms with Crippen LogP contribution in [0.4, 0.5) is 4.79 Å². The number of ether oxygens (including phenoxy) is 1. The first-order valence-electron chi connectivity index (χ1n) is 6.15. The first-order valence-corrected chi connectivity index (χ1v) is 6.15. The van der Waals surface area contributed by atoms with E-state index in [2.05, 4.69) is 11.6 Å². The summed E-state index contributed by atoms with van der Waals surface area (Å²) in [6, 6.07) is 6.87. The lowest BCUT2D eigenvalue weighted by molar-refractivity contribution is 0.213. The van der Waals surface area contributed by atoms with Gasteiger partial charge < -0.3 is 15.4 Å². The molecule has 100 valence electrons. The van der Waals surface area contributed by atoms with Crippen LogP contribution in [0.1, 0.15) is 18.5 Å². The maximum atomic E-state index is 11.7. The van der Waals surface area contributed by atoms with Gasteiger partial charge in [-0.1, -0.05) is 18.2 Å². The fourth-order valence-corrected chi connectivity index (χ4v) is 2.09. The molecule has 0 spiro atoms. The highest BCUT2D eigenvalue weighted by atomic mass is 16.5. The zero-order chi connectivity index (χ0) is 13.8. The van der Waals surface area contributed by atoms with Gasteiger partial charge in [0, 0.05) is 6.54 Å². The number of benzene rings is 1. The predicted octanol–water partition coefficient (Wildman–Crippen LogP) is 2.11. The minimum atomic E-state index is -0.323. The average Bonchev–Trinajstić information content (AvgIpc) is 2.67. The van der Waals surface area contributed by atoms with Gasteiger partial charge in [0.2, 0.25) is 0 Å². The van der Waals surface area contributed by atoms with E-state index in [0.29, 0.717) is 19.0 Å². The topological polar surface area (TPSA) is 67.9 Å². The van der Waals surface area contributed by atoms with Crippen molar-refractivity contribution >= 4 is 11.9 Å². The number of urea groups is 1. The number of amides is 2. The molecule has 1 unspecified atom stereocenters. The molecule has 1 aliphatic heterocycles. The van der Waals surface area contributed by atoms with E-state index in [1.807, 2.05) is 31.2 Å². The van der Waals surface area contributed by atoms with Crippen molar-refractivity contribution in [2.45, 2.75) is 13.0 Å². The molecule has 0 aliphatic carbocycles. The lowest BCUT2D eigenvalue weighted by Crippen LogP contribution is -2.33. The molecule has 1 atom stereocenters. The van der Waals surface area contributed by atoms with Crippen molar-refractivity contribution in [3.8, 4) is 5.75 Å². The van der Waals surface area contributed by atoms with Gasteiger partial charge in [-0.3, -0.25) is 0 Å². The number of carbonyl (C=O) groups excluding carboxylic acids is 1. The quantitative estimate of drug-likeness (QED) is 0.823. The summed E-state index contributed by atoms with van der Waals surface area (Å²) >= 11 is 0. The Kier molecular flexibility index (Phi) is 3.85. The molecular weight excluding hydrogens is 242 g/mol. The van der Waals surface area contributed by atoms with E-state index < -0.39 is 0 Å². The van der Waals surface area contributed by atoms with Crippen molar-refractivity contribution in [3.05, 3.63) is 42.5 Å². The normalized spacial score (nSPS) is 18.4. The van der Waals surface area contributed by atoms with Gasteiger partial charge in [-0.25, -0.2) is 4.79 Å². The number of hydrogen-bond acceptors (Lipinski definition) is 3. The largest absolute Gasteiger partial charge is 0.494 e.